The van der Waals surface area contributed by atoms with Crippen molar-refractivity contribution in [1.29, 1.82) is 0 Å². The normalized spacial score (nSPS) is 16.2. The number of aromatic nitrogens is 4. The van der Waals surface area contributed by atoms with Crippen molar-refractivity contribution in [2.45, 2.75) is 56.2 Å². The molecule has 3 aromatic heterocycles. The molecule has 1 atom stereocenters. The summed E-state index contributed by atoms with van der Waals surface area (Å²) in [5.41, 5.74) is 4.40. The lowest BCUT2D eigenvalue weighted by atomic mass is 9.96. The second-order valence-electron chi connectivity index (χ2n) is 10.9. The summed E-state index contributed by atoms with van der Waals surface area (Å²) in [4.78, 5) is 33.5. The van der Waals surface area contributed by atoms with Crippen molar-refractivity contribution < 1.29 is 19.4 Å². The van der Waals surface area contributed by atoms with E-state index in [1.807, 2.05) is 49.4 Å². The predicted molar refractivity (Wildman–Crippen MR) is 177 cm³/mol. The van der Waals surface area contributed by atoms with Crippen LogP contribution >= 0.6 is 23.1 Å². The Morgan fingerprint density at radius 1 is 1.02 bits per heavy atom. The third-order valence-corrected chi connectivity index (χ3v) is 9.78. The van der Waals surface area contributed by atoms with Crippen LogP contribution in [0.1, 0.15) is 60.3 Å². The van der Waals surface area contributed by atoms with Gasteiger partial charge in [0.2, 0.25) is 5.13 Å². The number of pyridine rings is 1. The van der Waals surface area contributed by atoms with E-state index in [9.17, 15) is 14.7 Å². The van der Waals surface area contributed by atoms with E-state index in [1.54, 1.807) is 17.5 Å². The van der Waals surface area contributed by atoms with E-state index in [0.717, 1.165) is 24.8 Å². The van der Waals surface area contributed by atoms with Gasteiger partial charge in [-0.05, 0) is 55.7 Å². The minimum absolute atomic E-state index is 0.0408. The Bertz CT molecular complexity index is 1900. The fourth-order valence-electron chi connectivity index (χ4n) is 5.38. The van der Waals surface area contributed by atoms with Crippen LogP contribution in [0.15, 0.2) is 82.8 Å². The molecule has 1 unspecified atom stereocenters. The van der Waals surface area contributed by atoms with Gasteiger partial charge in [-0.1, -0.05) is 90.9 Å². The molecule has 2 aromatic carbocycles. The van der Waals surface area contributed by atoms with E-state index in [2.05, 4.69) is 46.4 Å². The number of amides is 1. The Hall–Kier alpha value is -4.48. The number of anilines is 1. The number of imidazole rings is 1. The summed E-state index contributed by atoms with van der Waals surface area (Å²) in [6.07, 6.45) is 4.82. The van der Waals surface area contributed by atoms with E-state index >= 15 is 0 Å². The van der Waals surface area contributed by atoms with Gasteiger partial charge in [-0.2, -0.15) is 0 Å². The molecule has 0 aliphatic carbocycles. The third-order valence-electron chi connectivity index (χ3n) is 7.65. The highest BCUT2D eigenvalue weighted by Gasteiger charge is 2.49. The first-order chi connectivity index (χ1) is 21.9. The average molecular weight is 640 g/mol. The molecule has 6 rings (SSSR count). The Kier molecular flexibility index (Phi) is 8.99. The summed E-state index contributed by atoms with van der Waals surface area (Å²) in [5, 5.41) is 20.8. The second-order valence-corrected chi connectivity index (χ2v) is 13.1. The van der Waals surface area contributed by atoms with Crippen molar-refractivity contribution in [2.75, 3.05) is 11.5 Å². The number of benzene rings is 2. The van der Waals surface area contributed by atoms with Crippen LogP contribution < -0.4 is 9.64 Å². The highest BCUT2D eigenvalue weighted by atomic mass is 32.2. The van der Waals surface area contributed by atoms with Crippen molar-refractivity contribution in [2.24, 2.45) is 0 Å². The first-order valence-electron chi connectivity index (χ1n) is 14.9. The maximum atomic E-state index is 13.8. The zero-order valence-electron chi connectivity index (χ0n) is 25.3. The largest absolute Gasteiger partial charge is 0.505 e. The lowest BCUT2D eigenvalue weighted by Gasteiger charge is -2.23. The quantitative estimate of drug-likeness (QED) is 0.0401. The summed E-state index contributed by atoms with van der Waals surface area (Å²) in [6.45, 7) is 6.50. The van der Waals surface area contributed by atoms with Gasteiger partial charge in [0.1, 0.15) is 17.1 Å². The fraction of sp³-hybridized carbons (Fsp3) is 0.265. The monoisotopic (exact) mass is 639 g/mol. The van der Waals surface area contributed by atoms with Crippen LogP contribution in [0.4, 0.5) is 5.13 Å². The Labute approximate surface area is 269 Å². The number of carbonyl (C=O) groups is 2. The number of nitrogens with zero attached hydrogens (tertiary/aromatic N) is 5. The Balaban J connectivity index is 1.41. The van der Waals surface area contributed by atoms with Crippen molar-refractivity contribution in [3.05, 3.63) is 107 Å². The molecule has 1 N–H and O–H groups in total. The highest BCUT2D eigenvalue weighted by molar-refractivity contribution is 8.00. The number of carbonyl (C=O) groups excluding carboxylic acids is 2. The number of aryl methyl sites for hydroxylation is 2. The molecule has 11 heteroatoms. The van der Waals surface area contributed by atoms with Gasteiger partial charge in [0, 0.05) is 11.9 Å². The van der Waals surface area contributed by atoms with Crippen molar-refractivity contribution in [3.8, 4) is 5.75 Å². The van der Waals surface area contributed by atoms with Gasteiger partial charge in [-0.3, -0.25) is 18.9 Å². The second kappa shape index (κ2) is 13.3. The number of thioether (sulfide) groups is 1. The summed E-state index contributed by atoms with van der Waals surface area (Å²) >= 11 is 2.75. The van der Waals surface area contributed by atoms with Crippen molar-refractivity contribution in [3.63, 3.8) is 0 Å². The van der Waals surface area contributed by atoms with Gasteiger partial charge in [-0.15, -0.1) is 10.2 Å². The van der Waals surface area contributed by atoms with Crippen LogP contribution in [0, 0.1) is 13.8 Å². The summed E-state index contributed by atoms with van der Waals surface area (Å²) in [7, 11) is 0. The van der Waals surface area contributed by atoms with Crippen LogP contribution in [-0.4, -0.2) is 43.0 Å². The summed E-state index contributed by atoms with van der Waals surface area (Å²) in [6, 6.07) is 20.1. The predicted octanol–water partition coefficient (Wildman–Crippen LogP) is 7.29. The fourth-order valence-corrected chi connectivity index (χ4v) is 7.20. The number of hydrogen-bond acceptors (Lipinski definition) is 9. The first-order valence-corrected chi connectivity index (χ1v) is 16.7. The Morgan fingerprint density at radius 2 is 1.84 bits per heavy atom. The molecule has 5 aromatic rings. The van der Waals surface area contributed by atoms with Gasteiger partial charge >= 0.3 is 5.91 Å². The van der Waals surface area contributed by atoms with Crippen LogP contribution in [0.2, 0.25) is 0 Å². The van der Waals surface area contributed by atoms with Crippen molar-refractivity contribution >= 4 is 51.3 Å². The maximum absolute atomic E-state index is 13.8. The number of hydrogen-bond donors (Lipinski definition) is 1. The molecule has 45 heavy (non-hydrogen) atoms. The number of ether oxygens (including phenoxy) is 1. The summed E-state index contributed by atoms with van der Waals surface area (Å²) in [5.74, 6) is -0.589. The molecule has 1 fully saturated rings. The zero-order valence-corrected chi connectivity index (χ0v) is 26.9. The number of Topliss-reactive ketones (excluding diaryl/α,β-unsaturated/α-hetero) is 1. The molecule has 1 amide bonds. The Morgan fingerprint density at radius 3 is 2.64 bits per heavy atom. The highest BCUT2D eigenvalue weighted by Crippen LogP contribution is 2.45. The minimum Gasteiger partial charge on any atom is -0.505 e. The number of aliphatic hydroxyl groups is 1. The van der Waals surface area contributed by atoms with Gasteiger partial charge in [0.25, 0.3) is 5.78 Å². The molecular formula is C34H33N5O4S2. The van der Waals surface area contributed by atoms with E-state index in [-0.39, 0.29) is 16.5 Å². The molecule has 0 radical (unpaired) electrons. The van der Waals surface area contributed by atoms with Crippen molar-refractivity contribution in [1.82, 2.24) is 19.6 Å². The van der Waals surface area contributed by atoms with Gasteiger partial charge in [0.15, 0.2) is 10.1 Å². The van der Waals surface area contributed by atoms with Gasteiger partial charge in [-0.25, -0.2) is 4.98 Å². The molecule has 0 saturated carbocycles. The number of unbranched alkanes of at least 4 members (excludes halogenated alkanes) is 2. The number of ketones is 1. The molecular weight excluding hydrogens is 607 g/mol. The third kappa shape index (κ3) is 6.23. The number of aliphatic hydroxyl groups excluding tert-OH is 1. The van der Waals surface area contributed by atoms with E-state index < -0.39 is 17.7 Å². The molecule has 9 nitrogen and oxygen atoms in total. The summed E-state index contributed by atoms with van der Waals surface area (Å²) < 4.78 is 8.40. The molecule has 0 spiro atoms. The van der Waals surface area contributed by atoms with E-state index in [4.69, 9.17) is 4.74 Å². The smallest absolute Gasteiger partial charge is 0.301 e. The number of fused-ring (bicyclic) bond motifs is 1. The van der Waals surface area contributed by atoms with Crippen LogP contribution in [-0.2, 0) is 15.3 Å². The van der Waals surface area contributed by atoms with Crippen LogP contribution in [0.5, 0.6) is 5.75 Å². The molecule has 0 bridgehead atoms. The molecule has 4 heterocycles. The molecule has 230 valence electrons. The first kappa shape index (κ1) is 30.5. The molecule has 1 aliphatic rings. The number of rotatable bonds is 11. The van der Waals surface area contributed by atoms with Gasteiger partial charge in [0.05, 0.1) is 23.9 Å². The SMILES string of the molecule is CCCCCOc1cccc(C2/C(=C(\O)c3c(C)nc4ccccn34)C(=O)C(=O)N2c2nnc(SCc3ccc(C)cc3)s2)c1. The van der Waals surface area contributed by atoms with Gasteiger partial charge < -0.3 is 9.84 Å². The van der Waals surface area contributed by atoms with E-state index in [1.165, 1.54) is 33.6 Å². The maximum Gasteiger partial charge on any atom is 0.301 e. The standard InChI is InChI=1S/C34H33N5O4S2/c1-4-5-8-18-43-25-11-9-10-24(19-25)29-27(30(40)28-22(3)35-26-12-6-7-17-38(26)28)31(41)32(42)39(29)33-36-37-34(45-33)44-20-23-15-13-21(2)14-16-23/h6-7,9-17,19,29,40H,4-5,8,18,20H2,1-3H3/b30-27+. The minimum atomic E-state index is -0.958. The topological polar surface area (TPSA) is 110 Å². The molecule has 1 aliphatic heterocycles. The van der Waals surface area contributed by atoms with E-state index in [0.29, 0.717) is 45.0 Å². The zero-order chi connectivity index (χ0) is 31.5. The average Bonchev–Trinajstić information content (AvgIpc) is 3.72. The lowest BCUT2D eigenvalue weighted by Crippen LogP contribution is -2.29. The van der Waals surface area contributed by atoms with Crippen LogP contribution in [0.25, 0.3) is 11.4 Å². The van der Waals surface area contributed by atoms with Crippen LogP contribution in [0.3, 0.4) is 0 Å². The lowest BCUT2D eigenvalue weighted by molar-refractivity contribution is -0.132. The molecule has 1 saturated heterocycles.